The van der Waals surface area contributed by atoms with Gasteiger partial charge in [0.2, 0.25) is 0 Å². The lowest BCUT2D eigenvalue weighted by molar-refractivity contribution is 0.172. The Morgan fingerprint density at radius 3 is 2.82 bits per heavy atom. The first-order valence-corrected chi connectivity index (χ1v) is 4.13. The first-order chi connectivity index (χ1) is 5.45. The summed E-state index contributed by atoms with van der Waals surface area (Å²) < 4.78 is 0. The lowest BCUT2D eigenvalue weighted by atomic mass is 10.1. The van der Waals surface area contributed by atoms with Crippen LogP contribution in [-0.4, -0.2) is 18.0 Å². The summed E-state index contributed by atoms with van der Waals surface area (Å²) >= 11 is 0. The summed E-state index contributed by atoms with van der Waals surface area (Å²) in [4.78, 5) is 2.44. The predicted molar refractivity (Wildman–Crippen MR) is 45.2 cm³/mol. The Balaban J connectivity index is 1.95. The van der Waals surface area contributed by atoms with E-state index in [4.69, 9.17) is 0 Å². The number of rotatable bonds is 2. The highest BCUT2D eigenvalue weighted by molar-refractivity contribution is 5.13. The topological polar surface area (TPSA) is 3.24 Å². The molecule has 0 aromatic heterocycles. The molecule has 1 nitrogen and oxygen atoms in total. The minimum Gasteiger partial charge on any atom is -0.299 e. The van der Waals surface area contributed by atoms with Gasteiger partial charge in [-0.15, -0.1) is 0 Å². The second kappa shape index (κ2) is 3.05. The molecule has 1 aliphatic heterocycles. The minimum absolute atomic E-state index is 1.08. The third-order valence-corrected chi connectivity index (χ3v) is 2.12. The zero-order valence-corrected chi connectivity index (χ0v) is 6.59. The summed E-state index contributed by atoms with van der Waals surface area (Å²) in [6, 6.07) is 11.4. The summed E-state index contributed by atoms with van der Waals surface area (Å²) in [5.41, 5.74) is 1.31. The second-order valence-electron chi connectivity index (χ2n) is 3.02. The monoisotopic (exact) mass is 146 g/mol. The Morgan fingerprint density at radius 2 is 2.27 bits per heavy atom. The lowest BCUT2D eigenvalue weighted by Crippen LogP contribution is -2.36. The van der Waals surface area contributed by atoms with E-state index in [1.165, 1.54) is 25.1 Å². The Hall–Kier alpha value is -0.820. The average Bonchev–Trinajstić information content (AvgIpc) is 1.99. The molecule has 1 saturated heterocycles. The molecule has 0 saturated carbocycles. The summed E-state index contributed by atoms with van der Waals surface area (Å²) in [6.45, 7) is 3.62. The molecule has 0 amide bonds. The first-order valence-electron chi connectivity index (χ1n) is 4.13. The van der Waals surface area contributed by atoms with Gasteiger partial charge in [0.05, 0.1) is 0 Å². The van der Waals surface area contributed by atoms with Crippen LogP contribution < -0.4 is 0 Å². The highest BCUT2D eigenvalue weighted by atomic mass is 15.2. The van der Waals surface area contributed by atoms with Crippen molar-refractivity contribution in [2.75, 3.05) is 13.1 Å². The maximum atomic E-state index is 3.23. The average molecular weight is 146 g/mol. The van der Waals surface area contributed by atoms with Crippen molar-refractivity contribution >= 4 is 0 Å². The molecule has 1 heterocycles. The van der Waals surface area contributed by atoms with Gasteiger partial charge in [-0.25, -0.2) is 0 Å². The summed E-state index contributed by atoms with van der Waals surface area (Å²) in [5, 5.41) is 0. The Labute approximate surface area is 67.6 Å². The fraction of sp³-hybridized carbons (Fsp3) is 0.400. The molecule has 0 bridgehead atoms. The first kappa shape index (κ1) is 6.86. The third kappa shape index (κ3) is 1.60. The van der Waals surface area contributed by atoms with Gasteiger partial charge in [0, 0.05) is 6.54 Å². The van der Waals surface area contributed by atoms with E-state index in [0.717, 1.165) is 6.54 Å². The van der Waals surface area contributed by atoms with Gasteiger partial charge in [-0.05, 0) is 31.1 Å². The van der Waals surface area contributed by atoms with Crippen LogP contribution in [0, 0.1) is 6.07 Å². The third-order valence-electron chi connectivity index (χ3n) is 2.12. The van der Waals surface area contributed by atoms with Gasteiger partial charge in [0.25, 0.3) is 0 Å². The van der Waals surface area contributed by atoms with E-state index in [-0.39, 0.29) is 0 Å². The molecule has 1 aliphatic rings. The molecule has 1 aromatic carbocycles. The largest absolute Gasteiger partial charge is 0.299 e. The molecule has 11 heavy (non-hydrogen) atoms. The molecule has 1 aromatic rings. The van der Waals surface area contributed by atoms with Gasteiger partial charge < -0.3 is 0 Å². The molecule has 0 unspecified atom stereocenters. The Morgan fingerprint density at radius 1 is 1.36 bits per heavy atom. The molecule has 0 atom stereocenters. The van der Waals surface area contributed by atoms with Gasteiger partial charge in [-0.2, -0.15) is 0 Å². The van der Waals surface area contributed by atoms with Crippen molar-refractivity contribution in [3.8, 4) is 0 Å². The van der Waals surface area contributed by atoms with E-state index in [1.54, 1.807) is 0 Å². The normalized spacial score (nSPS) is 17.8. The van der Waals surface area contributed by atoms with Gasteiger partial charge in [-0.3, -0.25) is 4.90 Å². The highest BCUT2D eigenvalue weighted by Gasteiger charge is 2.12. The van der Waals surface area contributed by atoms with Crippen LogP contribution in [0.25, 0.3) is 0 Å². The van der Waals surface area contributed by atoms with E-state index >= 15 is 0 Å². The molecule has 0 spiro atoms. The van der Waals surface area contributed by atoms with E-state index in [0.29, 0.717) is 0 Å². The summed E-state index contributed by atoms with van der Waals surface area (Å²) in [7, 11) is 0. The standard InChI is InChI=1S/C10H12N/c1-2-5-10(6-3-1)9-11-7-4-8-11/h1-3,5H,4,7-9H2. The summed E-state index contributed by atoms with van der Waals surface area (Å²) in [6.07, 6.45) is 1.37. The number of likely N-dealkylation sites (tertiary alicyclic amines) is 1. The SMILES string of the molecule is [c]1ccccc1CN1CCC1. The van der Waals surface area contributed by atoms with Crippen molar-refractivity contribution in [3.05, 3.63) is 35.9 Å². The smallest absolute Gasteiger partial charge is 0.0239 e. The molecular formula is C10H12N. The fourth-order valence-corrected chi connectivity index (χ4v) is 1.31. The van der Waals surface area contributed by atoms with Crippen LogP contribution in [0.15, 0.2) is 24.3 Å². The molecule has 1 radical (unpaired) electrons. The van der Waals surface area contributed by atoms with E-state index in [1.807, 2.05) is 12.1 Å². The van der Waals surface area contributed by atoms with Crippen LogP contribution in [0.2, 0.25) is 0 Å². The molecular weight excluding hydrogens is 134 g/mol. The number of hydrogen-bond acceptors (Lipinski definition) is 1. The quantitative estimate of drug-likeness (QED) is 0.613. The van der Waals surface area contributed by atoms with Crippen molar-refractivity contribution < 1.29 is 0 Å². The van der Waals surface area contributed by atoms with E-state index in [2.05, 4.69) is 23.1 Å². The minimum atomic E-state index is 1.08. The van der Waals surface area contributed by atoms with Crippen molar-refractivity contribution in [2.24, 2.45) is 0 Å². The fourth-order valence-electron chi connectivity index (χ4n) is 1.31. The molecule has 0 aliphatic carbocycles. The zero-order chi connectivity index (χ0) is 7.52. The highest BCUT2D eigenvalue weighted by Crippen LogP contribution is 2.10. The zero-order valence-electron chi connectivity index (χ0n) is 6.59. The van der Waals surface area contributed by atoms with Gasteiger partial charge in [0.1, 0.15) is 0 Å². The van der Waals surface area contributed by atoms with Gasteiger partial charge >= 0.3 is 0 Å². The number of hydrogen-bond donors (Lipinski definition) is 0. The van der Waals surface area contributed by atoms with Crippen LogP contribution in [0.1, 0.15) is 12.0 Å². The molecule has 0 N–H and O–H groups in total. The molecule has 57 valence electrons. The van der Waals surface area contributed by atoms with E-state index in [9.17, 15) is 0 Å². The number of benzene rings is 1. The maximum absolute atomic E-state index is 3.23. The van der Waals surface area contributed by atoms with Crippen LogP contribution in [-0.2, 0) is 6.54 Å². The summed E-state index contributed by atoms with van der Waals surface area (Å²) in [5.74, 6) is 0. The van der Waals surface area contributed by atoms with Crippen molar-refractivity contribution in [1.82, 2.24) is 4.90 Å². The molecule has 1 heteroatoms. The van der Waals surface area contributed by atoms with Crippen LogP contribution in [0.4, 0.5) is 0 Å². The van der Waals surface area contributed by atoms with Crippen LogP contribution in [0.5, 0.6) is 0 Å². The molecule has 1 fully saturated rings. The Kier molecular flexibility index (Phi) is 1.91. The van der Waals surface area contributed by atoms with Gasteiger partial charge in [0.15, 0.2) is 0 Å². The number of nitrogens with zero attached hydrogens (tertiary/aromatic N) is 1. The van der Waals surface area contributed by atoms with Crippen LogP contribution in [0.3, 0.4) is 0 Å². The second-order valence-corrected chi connectivity index (χ2v) is 3.02. The van der Waals surface area contributed by atoms with Crippen molar-refractivity contribution in [2.45, 2.75) is 13.0 Å². The van der Waals surface area contributed by atoms with Crippen LogP contribution >= 0.6 is 0 Å². The van der Waals surface area contributed by atoms with Crippen molar-refractivity contribution in [3.63, 3.8) is 0 Å². The van der Waals surface area contributed by atoms with E-state index < -0.39 is 0 Å². The Bertz CT molecular complexity index is 214. The van der Waals surface area contributed by atoms with Gasteiger partial charge in [-0.1, -0.05) is 24.3 Å². The van der Waals surface area contributed by atoms with Crippen molar-refractivity contribution in [1.29, 1.82) is 0 Å². The predicted octanol–water partition coefficient (Wildman–Crippen LogP) is 1.69. The lowest BCUT2D eigenvalue weighted by Gasteiger charge is -2.30. The molecule has 2 rings (SSSR count). The maximum Gasteiger partial charge on any atom is 0.0239 e.